The lowest BCUT2D eigenvalue weighted by Crippen LogP contribution is -2.20. The summed E-state index contributed by atoms with van der Waals surface area (Å²) in [4.78, 5) is 11.3. The number of amides is 1. The predicted octanol–water partition coefficient (Wildman–Crippen LogP) is 1.60. The maximum atomic E-state index is 11.3. The van der Waals surface area contributed by atoms with E-state index in [9.17, 15) is 4.79 Å². The second-order valence-corrected chi connectivity index (χ2v) is 3.29. The first-order valence-corrected chi connectivity index (χ1v) is 4.97. The molecule has 0 fully saturated rings. The largest absolute Gasteiger partial charge is 0.405 e. The molecule has 1 amide bonds. The summed E-state index contributed by atoms with van der Waals surface area (Å²) in [6.07, 6.45) is 4.16. The molecule has 88 valence electrons. The molecule has 17 heavy (non-hydrogen) atoms. The molecule has 4 N–H and O–H groups in total. The van der Waals surface area contributed by atoms with Gasteiger partial charge in [-0.15, -0.1) is 0 Å². The zero-order valence-corrected chi connectivity index (χ0v) is 9.26. The molecule has 1 aromatic rings. The fraction of sp³-hybridized carbons (Fsp3) is 0. The summed E-state index contributed by atoms with van der Waals surface area (Å²) < 4.78 is 0. The van der Waals surface area contributed by atoms with E-state index in [4.69, 9.17) is 10.9 Å². The van der Waals surface area contributed by atoms with Gasteiger partial charge < -0.3 is 5.73 Å². The van der Waals surface area contributed by atoms with Crippen molar-refractivity contribution < 1.29 is 10.0 Å². The molecule has 0 aliphatic carbocycles. The van der Waals surface area contributed by atoms with Crippen molar-refractivity contribution in [3.63, 3.8) is 0 Å². The van der Waals surface area contributed by atoms with E-state index in [0.717, 1.165) is 5.56 Å². The molecule has 0 spiro atoms. The molecule has 0 saturated heterocycles. The monoisotopic (exact) mass is 230 g/mol. The van der Waals surface area contributed by atoms with Gasteiger partial charge in [0.1, 0.15) is 0 Å². The Labute approximate surface area is 99.7 Å². The topological polar surface area (TPSA) is 75.4 Å². The number of hydrogen-bond donors (Lipinski definition) is 3. The number of nitrogens with two attached hydrogens (primary N) is 1. The summed E-state index contributed by atoms with van der Waals surface area (Å²) in [6, 6.07) is 9.39. The van der Waals surface area contributed by atoms with E-state index in [1.54, 1.807) is 11.6 Å². The van der Waals surface area contributed by atoms with Crippen LogP contribution in [0.4, 0.5) is 0 Å². The highest BCUT2D eigenvalue weighted by Gasteiger charge is 2.05. The summed E-state index contributed by atoms with van der Waals surface area (Å²) in [5.74, 6) is -0.635. The first-order chi connectivity index (χ1) is 8.19. The molecule has 0 heterocycles. The fourth-order valence-corrected chi connectivity index (χ4v) is 1.28. The van der Waals surface area contributed by atoms with Gasteiger partial charge in [0.25, 0.3) is 5.91 Å². The lowest BCUT2D eigenvalue weighted by molar-refractivity contribution is -0.124. The summed E-state index contributed by atoms with van der Waals surface area (Å²) in [5.41, 5.74) is 8.55. The number of nitrogens with one attached hydrogen (secondary N) is 1. The minimum absolute atomic E-state index is 0.226. The zero-order valence-electron chi connectivity index (χ0n) is 9.26. The molecule has 0 bridgehead atoms. The zero-order chi connectivity index (χ0) is 12.7. The summed E-state index contributed by atoms with van der Waals surface area (Å²) in [5, 5.41) is 8.57. The van der Waals surface area contributed by atoms with Crippen LogP contribution >= 0.6 is 0 Å². The minimum atomic E-state index is -0.635. The van der Waals surface area contributed by atoms with Crippen molar-refractivity contribution in [2.75, 3.05) is 0 Å². The van der Waals surface area contributed by atoms with Crippen molar-refractivity contribution in [1.29, 1.82) is 0 Å². The van der Waals surface area contributed by atoms with Crippen LogP contribution in [0.5, 0.6) is 0 Å². The van der Waals surface area contributed by atoms with Crippen molar-refractivity contribution in [2.45, 2.75) is 0 Å². The Morgan fingerprint density at radius 3 is 2.53 bits per heavy atom. The van der Waals surface area contributed by atoms with Crippen LogP contribution in [0, 0.1) is 0 Å². The van der Waals surface area contributed by atoms with Crippen molar-refractivity contribution in [3.8, 4) is 0 Å². The van der Waals surface area contributed by atoms with Crippen LogP contribution in [-0.4, -0.2) is 11.1 Å². The average molecular weight is 230 g/mol. The van der Waals surface area contributed by atoms with E-state index in [-0.39, 0.29) is 5.57 Å². The molecule has 1 aromatic carbocycles. The molecule has 4 heteroatoms. The van der Waals surface area contributed by atoms with Crippen molar-refractivity contribution >= 4 is 11.5 Å². The number of benzene rings is 1. The van der Waals surface area contributed by atoms with Crippen LogP contribution < -0.4 is 11.2 Å². The molecule has 0 atom stereocenters. The van der Waals surface area contributed by atoms with Crippen LogP contribution in [0.15, 0.2) is 60.8 Å². The fourth-order valence-electron chi connectivity index (χ4n) is 1.28. The molecule has 1 rings (SSSR count). The van der Waals surface area contributed by atoms with Gasteiger partial charge >= 0.3 is 0 Å². The van der Waals surface area contributed by atoms with Gasteiger partial charge in [-0.3, -0.25) is 10.0 Å². The first-order valence-electron chi connectivity index (χ1n) is 4.97. The van der Waals surface area contributed by atoms with Gasteiger partial charge in [-0.1, -0.05) is 36.9 Å². The molecular weight excluding hydrogens is 216 g/mol. The van der Waals surface area contributed by atoms with Crippen LogP contribution in [0.3, 0.4) is 0 Å². The lowest BCUT2D eigenvalue weighted by Gasteiger charge is -2.03. The molecule has 0 unspecified atom stereocenters. The third-order valence-electron chi connectivity index (χ3n) is 2.11. The molecule has 0 saturated carbocycles. The van der Waals surface area contributed by atoms with Gasteiger partial charge in [0.15, 0.2) is 0 Å². The van der Waals surface area contributed by atoms with Crippen molar-refractivity contribution in [2.24, 2.45) is 5.73 Å². The van der Waals surface area contributed by atoms with Crippen molar-refractivity contribution in [1.82, 2.24) is 5.48 Å². The number of carbonyl (C=O) groups is 1. The van der Waals surface area contributed by atoms with Gasteiger partial charge in [-0.05, 0) is 29.5 Å². The number of rotatable bonds is 4. The minimum Gasteiger partial charge on any atom is -0.405 e. The highest BCUT2D eigenvalue weighted by atomic mass is 16.5. The maximum Gasteiger partial charge on any atom is 0.274 e. The lowest BCUT2D eigenvalue weighted by atomic mass is 10.0. The van der Waals surface area contributed by atoms with Gasteiger partial charge in [0.05, 0.1) is 0 Å². The Bertz CT molecular complexity index is 462. The van der Waals surface area contributed by atoms with E-state index in [2.05, 4.69) is 6.58 Å². The van der Waals surface area contributed by atoms with Crippen LogP contribution in [0.1, 0.15) is 5.56 Å². The molecule has 0 aliphatic rings. The SMILES string of the molecule is C=C(/C=C(\C=C/N)C(=O)NO)c1ccccc1. The Kier molecular flexibility index (Phi) is 4.72. The molecule has 0 aliphatic heterocycles. The second-order valence-electron chi connectivity index (χ2n) is 3.29. The second kappa shape index (κ2) is 6.30. The van der Waals surface area contributed by atoms with Crippen LogP contribution in [0.25, 0.3) is 5.57 Å². The number of hydroxylamine groups is 1. The Balaban J connectivity index is 2.99. The van der Waals surface area contributed by atoms with Gasteiger partial charge in [-0.25, -0.2) is 5.48 Å². The smallest absolute Gasteiger partial charge is 0.274 e. The highest BCUT2D eigenvalue weighted by molar-refractivity contribution is 5.98. The van der Waals surface area contributed by atoms with E-state index < -0.39 is 5.91 Å². The number of carbonyl (C=O) groups excluding carboxylic acids is 1. The average Bonchev–Trinajstić information content (AvgIpc) is 2.38. The van der Waals surface area contributed by atoms with Crippen LogP contribution in [-0.2, 0) is 4.79 Å². The highest BCUT2D eigenvalue weighted by Crippen LogP contribution is 2.15. The molecule has 0 aromatic heterocycles. The molecular formula is C13H14N2O2. The first kappa shape index (κ1) is 12.7. The summed E-state index contributed by atoms with van der Waals surface area (Å²) in [7, 11) is 0. The maximum absolute atomic E-state index is 11.3. The number of hydrogen-bond acceptors (Lipinski definition) is 3. The van der Waals surface area contributed by atoms with E-state index >= 15 is 0 Å². The Morgan fingerprint density at radius 2 is 2.00 bits per heavy atom. The molecule has 4 nitrogen and oxygen atoms in total. The van der Waals surface area contributed by atoms with Gasteiger partial charge in [-0.2, -0.15) is 0 Å². The summed E-state index contributed by atoms with van der Waals surface area (Å²) in [6.45, 7) is 3.85. The van der Waals surface area contributed by atoms with Gasteiger partial charge in [0, 0.05) is 5.57 Å². The van der Waals surface area contributed by atoms with E-state index in [1.165, 1.54) is 12.3 Å². The third-order valence-corrected chi connectivity index (χ3v) is 2.11. The third kappa shape index (κ3) is 3.62. The van der Waals surface area contributed by atoms with E-state index in [0.29, 0.717) is 5.57 Å². The quantitative estimate of drug-likeness (QED) is 0.318. The summed E-state index contributed by atoms with van der Waals surface area (Å²) >= 11 is 0. The predicted molar refractivity (Wildman–Crippen MR) is 66.8 cm³/mol. The van der Waals surface area contributed by atoms with Crippen LogP contribution in [0.2, 0.25) is 0 Å². The van der Waals surface area contributed by atoms with Crippen molar-refractivity contribution in [3.05, 3.63) is 66.4 Å². The standard InChI is InChI=1S/C13H14N2O2/c1-10(11-5-3-2-4-6-11)9-12(7-8-14)13(16)15-17/h2-9,17H,1,14H2,(H,15,16)/b8-7-,12-9+. The number of allylic oxidation sites excluding steroid dienone is 2. The van der Waals surface area contributed by atoms with E-state index in [1.807, 2.05) is 30.3 Å². The normalized spacial score (nSPS) is 11.5. The molecule has 0 radical (unpaired) electrons. The Morgan fingerprint density at radius 1 is 1.35 bits per heavy atom. The Hall–Kier alpha value is -2.33. The van der Waals surface area contributed by atoms with Gasteiger partial charge in [0.2, 0.25) is 0 Å².